The minimum Gasteiger partial charge on any atom is -0.394 e. The van der Waals surface area contributed by atoms with Gasteiger partial charge in [0.25, 0.3) is 0 Å². The average Bonchev–Trinajstić information content (AvgIpc) is 2.67. The summed E-state index contributed by atoms with van der Waals surface area (Å²) in [6.07, 6.45) is 4.66. The summed E-state index contributed by atoms with van der Waals surface area (Å²) >= 11 is 5.84. The maximum Gasteiger partial charge on any atom is 0.224 e. The predicted molar refractivity (Wildman–Crippen MR) is 68.3 cm³/mol. The molecule has 0 amide bonds. The van der Waals surface area contributed by atoms with Crippen molar-refractivity contribution in [3.05, 3.63) is 23.2 Å². The number of hydrogen-bond acceptors (Lipinski definition) is 3. The highest BCUT2D eigenvalue weighted by Crippen LogP contribution is 2.26. The SMILES string of the molecule is CCc1cn(C(C)(C)CO)c2nc(Cl)ncc12. The summed E-state index contributed by atoms with van der Waals surface area (Å²) in [6.45, 7) is 6.05. The molecule has 5 heteroatoms. The van der Waals surface area contributed by atoms with Crippen LogP contribution in [0.5, 0.6) is 0 Å². The molecule has 2 heterocycles. The number of aliphatic hydroxyl groups excluding tert-OH is 1. The Kier molecular flexibility index (Phi) is 3.10. The summed E-state index contributed by atoms with van der Waals surface area (Å²) < 4.78 is 1.97. The molecule has 0 saturated heterocycles. The third-order valence-corrected chi connectivity index (χ3v) is 3.20. The Balaban J connectivity index is 2.75. The van der Waals surface area contributed by atoms with Gasteiger partial charge in [-0.2, -0.15) is 4.98 Å². The van der Waals surface area contributed by atoms with Crippen molar-refractivity contribution < 1.29 is 5.11 Å². The number of rotatable bonds is 3. The molecule has 0 fully saturated rings. The van der Waals surface area contributed by atoms with Gasteiger partial charge in [0.1, 0.15) is 5.65 Å². The highest BCUT2D eigenvalue weighted by Gasteiger charge is 2.23. The standard InChI is InChI=1S/C12H16ClN3O/c1-4-8-6-16(12(2,3)7-17)10-9(8)5-14-11(13)15-10/h5-6,17H,4,7H2,1-3H3. The van der Waals surface area contributed by atoms with E-state index in [9.17, 15) is 5.11 Å². The Hall–Kier alpha value is -1.13. The number of nitrogens with zero attached hydrogens (tertiary/aromatic N) is 3. The van der Waals surface area contributed by atoms with Crippen molar-refractivity contribution in [2.45, 2.75) is 32.7 Å². The molecule has 0 aliphatic carbocycles. The second kappa shape index (κ2) is 4.27. The van der Waals surface area contributed by atoms with E-state index in [1.807, 2.05) is 24.6 Å². The summed E-state index contributed by atoms with van der Waals surface area (Å²) in [6, 6.07) is 0. The van der Waals surface area contributed by atoms with Gasteiger partial charge in [-0.25, -0.2) is 4.98 Å². The average molecular weight is 254 g/mol. The van der Waals surface area contributed by atoms with Crippen LogP contribution >= 0.6 is 11.6 Å². The molecule has 2 rings (SSSR count). The fourth-order valence-electron chi connectivity index (χ4n) is 1.87. The monoisotopic (exact) mass is 253 g/mol. The molecule has 2 aromatic heterocycles. The molecule has 0 aliphatic heterocycles. The van der Waals surface area contributed by atoms with Crippen molar-refractivity contribution in [2.75, 3.05) is 6.61 Å². The molecule has 0 saturated carbocycles. The van der Waals surface area contributed by atoms with Gasteiger partial charge in [0.05, 0.1) is 12.1 Å². The minimum absolute atomic E-state index is 0.0432. The largest absolute Gasteiger partial charge is 0.394 e. The van der Waals surface area contributed by atoms with E-state index in [-0.39, 0.29) is 11.9 Å². The van der Waals surface area contributed by atoms with Crippen molar-refractivity contribution >= 4 is 22.6 Å². The Bertz CT molecular complexity index is 548. The van der Waals surface area contributed by atoms with Crippen molar-refractivity contribution in [2.24, 2.45) is 0 Å². The molecular formula is C12H16ClN3O. The normalized spacial score (nSPS) is 12.3. The predicted octanol–water partition coefficient (Wildman–Crippen LogP) is 2.37. The van der Waals surface area contributed by atoms with E-state index in [1.165, 1.54) is 0 Å². The van der Waals surface area contributed by atoms with Crippen LogP contribution in [0.15, 0.2) is 12.4 Å². The number of aryl methyl sites for hydroxylation is 1. The topological polar surface area (TPSA) is 50.9 Å². The first kappa shape index (κ1) is 12.3. The molecule has 2 aromatic rings. The molecule has 0 aromatic carbocycles. The second-order valence-corrected chi connectivity index (χ2v) is 5.06. The van der Waals surface area contributed by atoms with Gasteiger partial charge in [0.2, 0.25) is 5.28 Å². The second-order valence-electron chi connectivity index (χ2n) is 4.72. The van der Waals surface area contributed by atoms with Gasteiger partial charge in [-0.3, -0.25) is 0 Å². The van der Waals surface area contributed by atoms with Crippen LogP contribution in [-0.4, -0.2) is 26.2 Å². The van der Waals surface area contributed by atoms with Crippen LogP contribution in [0.1, 0.15) is 26.3 Å². The van der Waals surface area contributed by atoms with Crippen LogP contribution in [0.25, 0.3) is 11.0 Å². The van der Waals surface area contributed by atoms with Gasteiger partial charge in [0, 0.05) is 17.8 Å². The van der Waals surface area contributed by atoms with Crippen molar-refractivity contribution in [3.8, 4) is 0 Å². The first-order chi connectivity index (χ1) is 7.99. The fraction of sp³-hybridized carbons (Fsp3) is 0.500. The Labute approximate surface area is 105 Å². The van der Waals surface area contributed by atoms with E-state index < -0.39 is 5.54 Å². The van der Waals surface area contributed by atoms with Gasteiger partial charge >= 0.3 is 0 Å². The van der Waals surface area contributed by atoms with Gasteiger partial charge in [-0.05, 0) is 37.4 Å². The van der Waals surface area contributed by atoms with Crippen LogP contribution in [0.2, 0.25) is 5.28 Å². The number of aliphatic hydroxyl groups is 1. The quantitative estimate of drug-likeness (QED) is 0.855. The minimum atomic E-state index is -0.399. The van der Waals surface area contributed by atoms with Crippen LogP contribution in [-0.2, 0) is 12.0 Å². The first-order valence-electron chi connectivity index (χ1n) is 5.63. The molecule has 92 valence electrons. The number of fused-ring (bicyclic) bond motifs is 1. The van der Waals surface area contributed by atoms with E-state index >= 15 is 0 Å². The lowest BCUT2D eigenvalue weighted by molar-refractivity contribution is 0.167. The summed E-state index contributed by atoms with van der Waals surface area (Å²) in [5.41, 5.74) is 1.54. The zero-order valence-electron chi connectivity index (χ0n) is 10.2. The van der Waals surface area contributed by atoms with Gasteiger partial charge in [-0.15, -0.1) is 0 Å². The molecule has 0 radical (unpaired) electrons. The van der Waals surface area contributed by atoms with Crippen molar-refractivity contribution in [1.29, 1.82) is 0 Å². The third-order valence-electron chi connectivity index (χ3n) is 3.02. The Morgan fingerprint density at radius 3 is 2.76 bits per heavy atom. The maximum absolute atomic E-state index is 9.46. The molecule has 0 spiro atoms. The molecule has 1 N–H and O–H groups in total. The van der Waals surface area contributed by atoms with E-state index in [1.54, 1.807) is 6.20 Å². The Morgan fingerprint density at radius 2 is 2.18 bits per heavy atom. The van der Waals surface area contributed by atoms with E-state index in [2.05, 4.69) is 16.9 Å². The zero-order valence-corrected chi connectivity index (χ0v) is 11.0. The van der Waals surface area contributed by atoms with E-state index in [0.717, 1.165) is 23.0 Å². The summed E-state index contributed by atoms with van der Waals surface area (Å²) in [5.74, 6) is 0. The third kappa shape index (κ3) is 2.03. The molecule has 0 aliphatic rings. The van der Waals surface area contributed by atoms with Gasteiger partial charge < -0.3 is 9.67 Å². The number of aromatic nitrogens is 3. The van der Waals surface area contributed by atoms with Gasteiger partial charge in [-0.1, -0.05) is 6.92 Å². The maximum atomic E-state index is 9.46. The lowest BCUT2D eigenvalue weighted by Crippen LogP contribution is -2.30. The lowest BCUT2D eigenvalue weighted by atomic mass is 10.1. The molecule has 17 heavy (non-hydrogen) atoms. The smallest absolute Gasteiger partial charge is 0.224 e. The molecule has 0 bridgehead atoms. The number of hydrogen-bond donors (Lipinski definition) is 1. The van der Waals surface area contributed by atoms with Crippen LogP contribution < -0.4 is 0 Å². The van der Waals surface area contributed by atoms with E-state index in [0.29, 0.717) is 0 Å². The molecule has 0 atom stereocenters. The molecule has 0 unspecified atom stereocenters. The molecule has 4 nitrogen and oxygen atoms in total. The van der Waals surface area contributed by atoms with Gasteiger partial charge in [0.15, 0.2) is 0 Å². The summed E-state index contributed by atoms with van der Waals surface area (Å²) in [5, 5.41) is 10.7. The molecular weight excluding hydrogens is 238 g/mol. The van der Waals surface area contributed by atoms with Crippen LogP contribution in [0, 0.1) is 0 Å². The Morgan fingerprint density at radius 1 is 1.47 bits per heavy atom. The lowest BCUT2D eigenvalue weighted by Gasteiger charge is -2.24. The zero-order chi connectivity index (χ0) is 12.6. The van der Waals surface area contributed by atoms with Crippen LogP contribution in [0.4, 0.5) is 0 Å². The fourth-order valence-corrected chi connectivity index (χ4v) is 2.00. The summed E-state index contributed by atoms with van der Waals surface area (Å²) in [7, 11) is 0. The van der Waals surface area contributed by atoms with E-state index in [4.69, 9.17) is 11.6 Å². The summed E-state index contributed by atoms with van der Waals surface area (Å²) in [4.78, 5) is 8.28. The van der Waals surface area contributed by atoms with Crippen molar-refractivity contribution in [3.63, 3.8) is 0 Å². The number of halogens is 1. The van der Waals surface area contributed by atoms with Crippen LogP contribution in [0.3, 0.4) is 0 Å². The first-order valence-corrected chi connectivity index (χ1v) is 6.01. The highest BCUT2D eigenvalue weighted by atomic mass is 35.5. The van der Waals surface area contributed by atoms with Crippen molar-refractivity contribution in [1.82, 2.24) is 14.5 Å². The highest BCUT2D eigenvalue weighted by molar-refractivity contribution is 6.28.